The lowest BCUT2D eigenvalue weighted by molar-refractivity contribution is 0.127. The van der Waals surface area contributed by atoms with Crippen LogP contribution in [0.15, 0.2) is 24.3 Å². The summed E-state index contributed by atoms with van der Waals surface area (Å²) in [5, 5.41) is 18.3. The predicted octanol–water partition coefficient (Wildman–Crippen LogP) is 1.69. The first-order chi connectivity index (χ1) is 6.76. The van der Waals surface area contributed by atoms with E-state index in [0.29, 0.717) is 16.6 Å². The molecular weight excluding hydrogens is 246 g/mol. The zero-order chi connectivity index (χ0) is 10.4. The Morgan fingerprint density at radius 2 is 2.36 bits per heavy atom. The highest BCUT2D eigenvalue weighted by Crippen LogP contribution is 2.12. The Morgan fingerprint density at radius 3 is 3.00 bits per heavy atom. The molecule has 1 atom stereocenters. The van der Waals surface area contributed by atoms with Gasteiger partial charge in [-0.3, -0.25) is 0 Å². The van der Waals surface area contributed by atoms with Crippen molar-refractivity contribution in [1.29, 1.82) is 5.26 Å². The van der Waals surface area contributed by atoms with Crippen molar-refractivity contribution in [2.75, 3.05) is 11.9 Å². The van der Waals surface area contributed by atoms with Crippen molar-refractivity contribution in [3.05, 3.63) is 29.8 Å². The minimum Gasteiger partial charge on any atom is -0.491 e. The lowest BCUT2D eigenvalue weighted by atomic mass is 10.2. The van der Waals surface area contributed by atoms with E-state index in [1.54, 1.807) is 24.3 Å². The summed E-state index contributed by atoms with van der Waals surface area (Å²) < 4.78 is 5.27. The van der Waals surface area contributed by atoms with E-state index in [2.05, 4.69) is 15.9 Å². The van der Waals surface area contributed by atoms with Gasteiger partial charge in [0.05, 0.1) is 17.7 Å². The van der Waals surface area contributed by atoms with Crippen molar-refractivity contribution >= 4 is 15.9 Å². The Bertz CT molecular complexity index is 335. The van der Waals surface area contributed by atoms with Crippen molar-refractivity contribution in [3.63, 3.8) is 0 Å². The number of nitrogens with zero attached hydrogens (tertiary/aromatic N) is 1. The van der Waals surface area contributed by atoms with Crippen LogP contribution in [0, 0.1) is 11.3 Å². The zero-order valence-electron chi connectivity index (χ0n) is 7.48. The molecule has 0 aromatic heterocycles. The average Bonchev–Trinajstić information content (AvgIpc) is 2.26. The van der Waals surface area contributed by atoms with E-state index in [0.717, 1.165) is 0 Å². The number of halogens is 1. The highest BCUT2D eigenvalue weighted by atomic mass is 79.9. The lowest BCUT2D eigenvalue weighted by Gasteiger charge is -2.09. The van der Waals surface area contributed by atoms with Gasteiger partial charge in [-0.25, -0.2) is 0 Å². The SMILES string of the molecule is N#Cc1cccc(OCC(O)CBr)c1. The highest BCUT2D eigenvalue weighted by Gasteiger charge is 2.02. The van der Waals surface area contributed by atoms with Crippen LogP contribution in [0.2, 0.25) is 0 Å². The van der Waals surface area contributed by atoms with Crippen LogP contribution in [0.1, 0.15) is 5.56 Å². The molecule has 0 saturated heterocycles. The molecule has 0 spiro atoms. The molecule has 0 aliphatic rings. The second-order valence-corrected chi connectivity index (χ2v) is 3.41. The molecule has 14 heavy (non-hydrogen) atoms. The first-order valence-electron chi connectivity index (χ1n) is 4.13. The molecule has 1 unspecified atom stereocenters. The average molecular weight is 256 g/mol. The molecule has 0 amide bonds. The molecule has 0 radical (unpaired) electrons. The van der Waals surface area contributed by atoms with Crippen LogP contribution in [-0.2, 0) is 0 Å². The molecular formula is C10H10BrNO2. The van der Waals surface area contributed by atoms with Gasteiger partial charge in [0.2, 0.25) is 0 Å². The maximum Gasteiger partial charge on any atom is 0.120 e. The van der Waals surface area contributed by atoms with Crippen LogP contribution < -0.4 is 4.74 Å². The molecule has 1 rings (SSSR count). The topological polar surface area (TPSA) is 53.2 Å². The number of hydrogen-bond donors (Lipinski definition) is 1. The number of rotatable bonds is 4. The molecule has 0 heterocycles. The number of alkyl halides is 1. The van der Waals surface area contributed by atoms with Crippen molar-refractivity contribution in [3.8, 4) is 11.8 Å². The molecule has 74 valence electrons. The number of hydrogen-bond acceptors (Lipinski definition) is 3. The first-order valence-corrected chi connectivity index (χ1v) is 5.25. The third-order valence-corrected chi connectivity index (χ3v) is 2.33. The van der Waals surface area contributed by atoms with Gasteiger partial charge in [0.1, 0.15) is 12.4 Å². The molecule has 0 aliphatic carbocycles. The van der Waals surface area contributed by atoms with Crippen LogP contribution in [0.3, 0.4) is 0 Å². The molecule has 0 saturated carbocycles. The minimum absolute atomic E-state index is 0.222. The van der Waals surface area contributed by atoms with E-state index in [-0.39, 0.29) is 6.61 Å². The molecule has 0 bridgehead atoms. The summed E-state index contributed by atoms with van der Waals surface area (Å²) in [6.07, 6.45) is -0.527. The number of aliphatic hydroxyl groups is 1. The van der Waals surface area contributed by atoms with Gasteiger partial charge in [0.15, 0.2) is 0 Å². The normalized spacial score (nSPS) is 11.8. The Kier molecular flexibility index (Phi) is 4.44. The quantitative estimate of drug-likeness (QED) is 0.834. The fraction of sp³-hybridized carbons (Fsp3) is 0.300. The van der Waals surface area contributed by atoms with Crippen LogP contribution in [-0.4, -0.2) is 23.1 Å². The van der Waals surface area contributed by atoms with Crippen LogP contribution in [0.5, 0.6) is 5.75 Å². The summed E-state index contributed by atoms with van der Waals surface area (Å²) in [4.78, 5) is 0. The Labute approximate surface area is 91.1 Å². The van der Waals surface area contributed by atoms with E-state index in [1.807, 2.05) is 6.07 Å². The van der Waals surface area contributed by atoms with E-state index in [1.165, 1.54) is 0 Å². The standard InChI is InChI=1S/C10H10BrNO2/c11-5-9(13)7-14-10-3-1-2-8(4-10)6-12/h1-4,9,13H,5,7H2. The Balaban J connectivity index is 2.55. The van der Waals surface area contributed by atoms with Crippen LogP contribution >= 0.6 is 15.9 Å². The number of benzene rings is 1. The van der Waals surface area contributed by atoms with Gasteiger partial charge >= 0.3 is 0 Å². The van der Waals surface area contributed by atoms with E-state index in [9.17, 15) is 5.11 Å². The molecule has 0 fully saturated rings. The number of ether oxygens (including phenoxy) is 1. The molecule has 1 aromatic carbocycles. The largest absolute Gasteiger partial charge is 0.491 e. The van der Waals surface area contributed by atoms with Gasteiger partial charge < -0.3 is 9.84 Å². The summed E-state index contributed by atoms with van der Waals surface area (Å²) >= 11 is 3.13. The monoisotopic (exact) mass is 255 g/mol. The smallest absolute Gasteiger partial charge is 0.120 e. The van der Waals surface area contributed by atoms with Gasteiger partial charge in [0.25, 0.3) is 0 Å². The van der Waals surface area contributed by atoms with Crippen LogP contribution in [0.25, 0.3) is 0 Å². The van der Waals surface area contributed by atoms with Crippen molar-refractivity contribution in [2.45, 2.75) is 6.10 Å². The van der Waals surface area contributed by atoms with E-state index >= 15 is 0 Å². The van der Waals surface area contributed by atoms with Crippen LogP contribution in [0.4, 0.5) is 0 Å². The third-order valence-electron chi connectivity index (χ3n) is 1.58. The molecule has 0 aliphatic heterocycles. The Morgan fingerprint density at radius 1 is 1.57 bits per heavy atom. The van der Waals surface area contributed by atoms with E-state index < -0.39 is 6.10 Å². The lowest BCUT2D eigenvalue weighted by Crippen LogP contribution is -2.18. The van der Waals surface area contributed by atoms with Gasteiger partial charge in [0, 0.05) is 5.33 Å². The van der Waals surface area contributed by atoms with Gasteiger partial charge in [-0.15, -0.1) is 0 Å². The minimum atomic E-state index is -0.527. The fourth-order valence-corrected chi connectivity index (χ4v) is 1.08. The maximum atomic E-state index is 9.21. The summed E-state index contributed by atoms with van der Waals surface area (Å²) in [6, 6.07) is 8.86. The second-order valence-electron chi connectivity index (χ2n) is 2.76. The Hall–Kier alpha value is -1.05. The fourth-order valence-electron chi connectivity index (χ4n) is 0.892. The van der Waals surface area contributed by atoms with Gasteiger partial charge in [-0.2, -0.15) is 5.26 Å². The van der Waals surface area contributed by atoms with Gasteiger partial charge in [-0.1, -0.05) is 22.0 Å². The summed E-state index contributed by atoms with van der Waals surface area (Å²) in [6.45, 7) is 0.222. The van der Waals surface area contributed by atoms with Crippen molar-refractivity contribution in [1.82, 2.24) is 0 Å². The summed E-state index contributed by atoms with van der Waals surface area (Å²) in [7, 11) is 0. The molecule has 1 aromatic rings. The predicted molar refractivity (Wildman–Crippen MR) is 56.5 cm³/mol. The molecule has 1 N–H and O–H groups in total. The summed E-state index contributed by atoms with van der Waals surface area (Å²) in [5.74, 6) is 0.601. The number of nitriles is 1. The second kappa shape index (κ2) is 5.63. The first kappa shape index (κ1) is 11.0. The summed E-state index contributed by atoms with van der Waals surface area (Å²) in [5.41, 5.74) is 0.552. The van der Waals surface area contributed by atoms with Crippen molar-refractivity contribution < 1.29 is 9.84 Å². The maximum absolute atomic E-state index is 9.21. The van der Waals surface area contributed by atoms with E-state index in [4.69, 9.17) is 10.00 Å². The zero-order valence-corrected chi connectivity index (χ0v) is 9.07. The number of aliphatic hydroxyl groups excluding tert-OH is 1. The van der Waals surface area contributed by atoms with Crippen molar-refractivity contribution in [2.24, 2.45) is 0 Å². The molecule has 3 nitrogen and oxygen atoms in total. The third kappa shape index (κ3) is 3.36. The highest BCUT2D eigenvalue weighted by molar-refractivity contribution is 9.09. The van der Waals surface area contributed by atoms with Gasteiger partial charge in [-0.05, 0) is 18.2 Å². The molecule has 4 heteroatoms.